The number of rotatable bonds is 4. The summed E-state index contributed by atoms with van der Waals surface area (Å²) in [5.41, 5.74) is 1.97. The van der Waals surface area contributed by atoms with Gasteiger partial charge in [0, 0.05) is 12.6 Å². The van der Waals surface area contributed by atoms with Gasteiger partial charge in [-0.05, 0) is 48.4 Å². The summed E-state index contributed by atoms with van der Waals surface area (Å²) in [5, 5.41) is 3.21. The van der Waals surface area contributed by atoms with Crippen LogP contribution in [-0.4, -0.2) is 21.5 Å². The largest absolute Gasteiger partial charge is 0.313 e. The van der Waals surface area contributed by atoms with Gasteiger partial charge in [0.1, 0.15) is 11.6 Å². The van der Waals surface area contributed by atoms with E-state index in [1.54, 1.807) is 12.1 Å². The molecule has 0 amide bonds. The number of benzene rings is 2. The molecule has 0 aromatic heterocycles. The number of hydrogen-bond acceptors (Lipinski definition) is 3. The minimum Gasteiger partial charge on any atom is -0.313 e. The van der Waals surface area contributed by atoms with Crippen LogP contribution >= 0.6 is 0 Å². The standard InChI is InChI=1S/C17H16F2N2O2S/c18-14-9-15(19)11-16(10-14)21-24(22,23)17-3-1-12(2-4-17)13-5-7-20-8-6-13/h1-5,9-11,20-21H,6-8H2. The van der Waals surface area contributed by atoms with Crippen molar-refractivity contribution in [1.82, 2.24) is 5.32 Å². The van der Waals surface area contributed by atoms with Gasteiger partial charge in [0.25, 0.3) is 10.0 Å². The van der Waals surface area contributed by atoms with Crippen molar-refractivity contribution in [2.75, 3.05) is 17.8 Å². The molecule has 0 fully saturated rings. The Bertz CT molecular complexity index is 858. The maximum atomic E-state index is 13.2. The van der Waals surface area contributed by atoms with Gasteiger partial charge < -0.3 is 5.32 Å². The molecule has 3 rings (SSSR count). The molecule has 0 aliphatic carbocycles. The van der Waals surface area contributed by atoms with Gasteiger partial charge in [0.05, 0.1) is 10.6 Å². The summed E-state index contributed by atoms with van der Waals surface area (Å²) in [6.45, 7) is 1.68. The highest BCUT2D eigenvalue weighted by molar-refractivity contribution is 7.92. The number of sulfonamides is 1. The Balaban J connectivity index is 1.83. The molecular formula is C17H16F2N2O2S. The molecule has 0 atom stereocenters. The van der Waals surface area contributed by atoms with Crippen molar-refractivity contribution < 1.29 is 17.2 Å². The molecule has 2 aromatic rings. The van der Waals surface area contributed by atoms with Crippen LogP contribution in [0.3, 0.4) is 0 Å². The predicted molar refractivity (Wildman–Crippen MR) is 89.1 cm³/mol. The van der Waals surface area contributed by atoms with Crippen LogP contribution in [0.25, 0.3) is 5.57 Å². The van der Waals surface area contributed by atoms with Gasteiger partial charge in [0.2, 0.25) is 0 Å². The third kappa shape index (κ3) is 3.80. The minimum absolute atomic E-state index is 0.0328. The molecule has 0 bridgehead atoms. The van der Waals surface area contributed by atoms with E-state index >= 15 is 0 Å². The SMILES string of the molecule is O=S(=O)(Nc1cc(F)cc(F)c1)c1ccc(C2=CCNCC2)cc1. The number of halogens is 2. The molecular weight excluding hydrogens is 334 g/mol. The molecule has 0 spiro atoms. The first-order valence-electron chi connectivity index (χ1n) is 7.43. The van der Waals surface area contributed by atoms with E-state index in [9.17, 15) is 17.2 Å². The fourth-order valence-corrected chi connectivity index (χ4v) is 3.60. The summed E-state index contributed by atoms with van der Waals surface area (Å²) in [5.74, 6) is -1.69. The molecule has 1 aliphatic heterocycles. The Hall–Kier alpha value is -2.25. The van der Waals surface area contributed by atoms with E-state index in [1.165, 1.54) is 12.1 Å². The van der Waals surface area contributed by atoms with E-state index in [4.69, 9.17) is 0 Å². The summed E-state index contributed by atoms with van der Waals surface area (Å²) < 4.78 is 53.2. The lowest BCUT2D eigenvalue weighted by molar-refractivity contribution is 0.584. The second kappa shape index (κ2) is 6.70. The summed E-state index contributed by atoms with van der Waals surface area (Å²) in [6.07, 6.45) is 2.95. The molecule has 2 N–H and O–H groups in total. The van der Waals surface area contributed by atoms with Crippen molar-refractivity contribution in [2.45, 2.75) is 11.3 Å². The van der Waals surface area contributed by atoms with Crippen molar-refractivity contribution in [3.8, 4) is 0 Å². The van der Waals surface area contributed by atoms with Crippen molar-refractivity contribution in [2.24, 2.45) is 0 Å². The fourth-order valence-electron chi connectivity index (χ4n) is 2.56. The zero-order valence-corrected chi connectivity index (χ0v) is 13.5. The molecule has 2 aromatic carbocycles. The van der Waals surface area contributed by atoms with Crippen LogP contribution in [0.2, 0.25) is 0 Å². The van der Waals surface area contributed by atoms with Crippen LogP contribution < -0.4 is 10.0 Å². The Kier molecular flexibility index (Phi) is 4.64. The van der Waals surface area contributed by atoms with Gasteiger partial charge >= 0.3 is 0 Å². The van der Waals surface area contributed by atoms with Crippen LogP contribution in [-0.2, 0) is 10.0 Å². The highest BCUT2D eigenvalue weighted by Crippen LogP contribution is 2.23. The van der Waals surface area contributed by atoms with Crippen LogP contribution in [0.15, 0.2) is 53.4 Å². The monoisotopic (exact) mass is 350 g/mol. The Morgan fingerprint density at radius 3 is 2.25 bits per heavy atom. The van der Waals surface area contributed by atoms with Gasteiger partial charge in [0.15, 0.2) is 0 Å². The predicted octanol–water partition coefficient (Wildman–Crippen LogP) is 3.14. The summed E-state index contributed by atoms with van der Waals surface area (Å²) in [4.78, 5) is 0.0328. The lowest BCUT2D eigenvalue weighted by atomic mass is 10.0. The van der Waals surface area contributed by atoms with Crippen LogP contribution in [0.4, 0.5) is 14.5 Å². The third-order valence-electron chi connectivity index (χ3n) is 3.71. The summed E-state index contributed by atoms with van der Waals surface area (Å²) in [7, 11) is -3.91. The van der Waals surface area contributed by atoms with E-state index in [1.807, 2.05) is 0 Å². The normalized spacial score (nSPS) is 15.0. The van der Waals surface area contributed by atoms with Crippen molar-refractivity contribution in [3.05, 3.63) is 65.7 Å². The Labute approximate surface area is 139 Å². The van der Waals surface area contributed by atoms with Crippen molar-refractivity contribution in [1.29, 1.82) is 0 Å². The number of anilines is 1. The lowest BCUT2D eigenvalue weighted by Gasteiger charge is -2.15. The summed E-state index contributed by atoms with van der Waals surface area (Å²) in [6, 6.07) is 8.96. The van der Waals surface area contributed by atoms with Crippen molar-refractivity contribution >= 4 is 21.3 Å². The van der Waals surface area contributed by atoms with E-state index in [-0.39, 0.29) is 10.6 Å². The zero-order chi connectivity index (χ0) is 17.2. The molecule has 0 saturated heterocycles. The van der Waals surface area contributed by atoms with Gasteiger partial charge in [-0.15, -0.1) is 0 Å². The third-order valence-corrected chi connectivity index (χ3v) is 5.11. The van der Waals surface area contributed by atoms with Crippen LogP contribution in [0.1, 0.15) is 12.0 Å². The molecule has 7 heteroatoms. The first-order valence-corrected chi connectivity index (χ1v) is 8.91. The lowest BCUT2D eigenvalue weighted by Crippen LogP contribution is -2.20. The highest BCUT2D eigenvalue weighted by Gasteiger charge is 2.16. The molecule has 1 aliphatic rings. The smallest absolute Gasteiger partial charge is 0.261 e. The van der Waals surface area contributed by atoms with E-state index in [0.29, 0.717) is 6.07 Å². The van der Waals surface area contributed by atoms with Gasteiger partial charge in [-0.25, -0.2) is 17.2 Å². The molecule has 24 heavy (non-hydrogen) atoms. The fraction of sp³-hybridized carbons (Fsp3) is 0.176. The maximum absolute atomic E-state index is 13.2. The molecule has 1 heterocycles. The quantitative estimate of drug-likeness (QED) is 0.891. The Morgan fingerprint density at radius 2 is 1.67 bits per heavy atom. The minimum atomic E-state index is -3.91. The zero-order valence-electron chi connectivity index (χ0n) is 12.7. The molecule has 0 saturated carbocycles. The number of nitrogens with one attached hydrogen (secondary N) is 2. The molecule has 126 valence electrons. The van der Waals surface area contributed by atoms with Crippen LogP contribution in [0, 0.1) is 11.6 Å². The summed E-state index contributed by atoms with van der Waals surface area (Å²) >= 11 is 0. The Morgan fingerprint density at radius 1 is 1.00 bits per heavy atom. The second-order valence-corrected chi connectivity index (χ2v) is 7.15. The number of hydrogen-bond donors (Lipinski definition) is 2. The highest BCUT2D eigenvalue weighted by atomic mass is 32.2. The van der Waals surface area contributed by atoms with Crippen molar-refractivity contribution in [3.63, 3.8) is 0 Å². The van der Waals surface area contributed by atoms with Crippen LogP contribution in [0.5, 0.6) is 0 Å². The first kappa shape index (κ1) is 16.6. The van der Waals surface area contributed by atoms with E-state index < -0.39 is 21.7 Å². The molecule has 0 unspecified atom stereocenters. The average molecular weight is 350 g/mol. The average Bonchev–Trinajstić information content (AvgIpc) is 2.54. The van der Waals surface area contributed by atoms with E-state index in [0.717, 1.165) is 42.8 Å². The van der Waals surface area contributed by atoms with E-state index in [2.05, 4.69) is 16.1 Å². The maximum Gasteiger partial charge on any atom is 0.261 e. The molecule has 0 radical (unpaired) electrons. The van der Waals surface area contributed by atoms with Gasteiger partial charge in [-0.1, -0.05) is 18.2 Å². The topological polar surface area (TPSA) is 58.2 Å². The second-order valence-electron chi connectivity index (χ2n) is 5.47. The van der Waals surface area contributed by atoms with Gasteiger partial charge in [-0.3, -0.25) is 4.72 Å². The van der Waals surface area contributed by atoms with Gasteiger partial charge in [-0.2, -0.15) is 0 Å². The first-order chi connectivity index (χ1) is 11.4. The molecule has 4 nitrogen and oxygen atoms in total.